The highest BCUT2D eigenvalue weighted by Gasteiger charge is 2.26. The van der Waals surface area contributed by atoms with Crippen molar-refractivity contribution in [3.05, 3.63) is 243 Å². The smallest absolute Gasteiger partial charge is 0.145 e. The normalized spacial score (nSPS) is 11.7. The third-order valence-corrected chi connectivity index (χ3v) is 13.2. The predicted octanol–water partition coefficient (Wildman–Crippen LogP) is 17.5. The van der Waals surface area contributed by atoms with Crippen molar-refractivity contribution in [2.45, 2.75) is 0 Å². The second-order valence-corrected chi connectivity index (χ2v) is 16.8. The van der Waals surface area contributed by atoms with Crippen molar-refractivity contribution in [3.8, 4) is 39.1 Å². The molecule has 304 valence electrons. The molecule has 0 unspecified atom stereocenters. The fourth-order valence-electron chi connectivity index (χ4n) is 10.2. The first-order valence-electron chi connectivity index (χ1n) is 22.3. The zero-order valence-corrected chi connectivity index (χ0v) is 35.4. The SMILES string of the molecule is c1ccc(-c2ccc(-c3ccc(N(c4ccccc4-n4c5ccccc5c5ccccc54)c4ccc(-c5cc6ccccc6c6ccccc56)c5oc6ccccc6c45)cc3)cc2)cc1. The van der Waals surface area contributed by atoms with Crippen LogP contribution in [0.3, 0.4) is 0 Å². The molecule has 0 aliphatic carbocycles. The quantitative estimate of drug-likeness (QED) is 0.149. The number of rotatable bonds is 7. The monoisotopic (exact) mass is 828 g/mol. The van der Waals surface area contributed by atoms with Crippen LogP contribution in [0.4, 0.5) is 17.1 Å². The number of hydrogen-bond donors (Lipinski definition) is 0. The largest absolute Gasteiger partial charge is 0.455 e. The van der Waals surface area contributed by atoms with Gasteiger partial charge in [0, 0.05) is 27.4 Å². The molecular formula is C62H40N2O. The third kappa shape index (κ3) is 5.97. The number of aromatic nitrogens is 1. The molecule has 2 aromatic heterocycles. The van der Waals surface area contributed by atoms with Gasteiger partial charge in [-0.15, -0.1) is 0 Å². The van der Waals surface area contributed by atoms with Crippen LogP contribution >= 0.6 is 0 Å². The summed E-state index contributed by atoms with van der Waals surface area (Å²) in [6.45, 7) is 0. The van der Waals surface area contributed by atoms with Crippen molar-refractivity contribution < 1.29 is 4.42 Å². The van der Waals surface area contributed by atoms with E-state index in [0.717, 1.165) is 72.4 Å². The van der Waals surface area contributed by atoms with Crippen molar-refractivity contribution >= 4 is 82.4 Å². The number of fused-ring (bicyclic) bond motifs is 9. The van der Waals surface area contributed by atoms with Gasteiger partial charge in [0.25, 0.3) is 0 Å². The standard InChI is InChI=1S/C62H40N2O/c1-2-16-41(17-3-1)42-30-32-43(33-31-42)44-34-36-46(37-35-44)63(57-27-13-14-28-58(57)64-55-25-11-8-22-50(55)51-23-9-12-26-56(51)64)59-39-38-52(62-61(59)53-24-10-15-29-60(53)65-62)54-40-45-18-4-5-19-47(45)48-20-6-7-21-49(48)54/h1-40H. The number of nitrogens with zero attached hydrogens (tertiary/aromatic N) is 2. The molecule has 0 aliphatic rings. The second-order valence-electron chi connectivity index (χ2n) is 16.8. The van der Waals surface area contributed by atoms with Crippen LogP contribution in [0.1, 0.15) is 0 Å². The van der Waals surface area contributed by atoms with E-state index in [9.17, 15) is 0 Å². The number of anilines is 3. The highest BCUT2D eigenvalue weighted by molar-refractivity contribution is 6.21. The van der Waals surface area contributed by atoms with Crippen LogP contribution in [-0.2, 0) is 0 Å². The Morgan fingerprint density at radius 1 is 0.338 bits per heavy atom. The Bertz CT molecular complexity index is 3880. The Morgan fingerprint density at radius 3 is 1.57 bits per heavy atom. The highest BCUT2D eigenvalue weighted by Crippen LogP contribution is 2.49. The fraction of sp³-hybridized carbons (Fsp3) is 0. The Kier molecular flexibility index (Phi) is 8.53. The molecule has 3 nitrogen and oxygen atoms in total. The average Bonchev–Trinajstić information content (AvgIpc) is 3.94. The minimum Gasteiger partial charge on any atom is -0.455 e. The van der Waals surface area contributed by atoms with Crippen LogP contribution in [0, 0.1) is 0 Å². The van der Waals surface area contributed by atoms with E-state index in [4.69, 9.17) is 4.42 Å². The van der Waals surface area contributed by atoms with Crippen LogP contribution in [0.25, 0.3) is 104 Å². The van der Waals surface area contributed by atoms with E-state index < -0.39 is 0 Å². The van der Waals surface area contributed by atoms with Gasteiger partial charge in [0.05, 0.1) is 33.5 Å². The summed E-state index contributed by atoms with van der Waals surface area (Å²) in [5.74, 6) is 0. The topological polar surface area (TPSA) is 21.3 Å². The van der Waals surface area contributed by atoms with Gasteiger partial charge in [0.15, 0.2) is 0 Å². The molecule has 0 atom stereocenters. The number of benzene rings is 11. The maximum absolute atomic E-state index is 7.07. The molecule has 13 rings (SSSR count). The molecule has 2 heterocycles. The van der Waals surface area contributed by atoms with Gasteiger partial charge < -0.3 is 13.9 Å². The van der Waals surface area contributed by atoms with E-state index in [0.29, 0.717) is 0 Å². The van der Waals surface area contributed by atoms with E-state index >= 15 is 0 Å². The molecule has 0 bridgehead atoms. The second kappa shape index (κ2) is 15.0. The molecule has 0 fully saturated rings. The third-order valence-electron chi connectivity index (χ3n) is 13.2. The molecule has 0 saturated carbocycles. The van der Waals surface area contributed by atoms with Gasteiger partial charge in [0.2, 0.25) is 0 Å². The van der Waals surface area contributed by atoms with Crippen molar-refractivity contribution in [1.82, 2.24) is 4.57 Å². The summed E-state index contributed by atoms with van der Waals surface area (Å²) in [7, 11) is 0. The van der Waals surface area contributed by atoms with E-state index in [-0.39, 0.29) is 0 Å². The summed E-state index contributed by atoms with van der Waals surface area (Å²) in [5, 5.41) is 9.45. The van der Waals surface area contributed by atoms with Gasteiger partial charge in [-0.2, -0.15) is 0 Å². The zero-order chi connectivity index (χ0) is 42.8. The molecule has 3 heteroatoms. The predicted molar refractivity (Wildman–Crippen MR) is 274 cm³/mol. The van der Waals surface area contributed by atoms with Crippen LogP contribution in [0.5, 0.6) is 0 Å². The molecule has 11 aromatic carbocycles. The average molecular weight is 829 g/mol. The molecular weight excluding hydrogens is 789 g/mol. The number of hydrogen-bond acceptors (Lipinski definition) is 2. The van der Waals surface area contributed by atoms with Crippen molar-refractivity contribution in [2.24, 2.45) is 0 Å². The Labute approximate surface area is 376 Å². The minimum absolute atomic E-state index is 0.853. The van der Waals surface area contributed by atoms with Crippen LogP contribution < -0.4 is 4.90 Å². The maximum Gasteiger partial charge on any atom is 0.145 e. The first-order chi connectivity index (χ1) is 32.3. The van der Waals surface area contributed by atoms with Crippen LogP contribution in [0.15, 0.2) is 247 Å². The first-order valence-corrected chi connectivity index (χ1v) is 22.3. The summed E-state index contributed by atoms with van der Waals surface area (Å²) in [5.41, 5.74) is 15.2. The fourth-order valence-corrected chi connectivity index (χ4v) is 10.2. The summed E-state index contributed by atoms with van der Waals surface area (Å²) >= 11 is 0. The summed E-state index contributed by atoms with van der Waals surface area (Å²) in [4.78, 5) is 2.44. The van der Waals surface area contributed by atoms with Crippen LogP contribution in [-0.4, -0.2) is 4.57 Å². The van der Waals surface area contributed by atoms with Crippen molar-refractivity contribution in [2.75, 3.05) is 4.90 Å². The lowest BCUT2D eigenvalue weighted by molar-refractivity contribution is 0.670. The minimum atomic E-state index is 0.853. The lowest BCUT2D eigenvalue weighted by Crippen LogP contribution is -2.13. The van der Waals surface area contributed by atoms with Gasteiger partial charge >= 0.3 is 0 Å². The molecule has 65 heavy (non-hydrogen) atoms. The highest BCUT2D eigenvalue weighted by atomic mass is 16.3. The molecule has 0 N–H and O–H groups in total. The summed E-state index contributed by atoms with van der Waals surface area (Å²) in [6.07, 6.45) is 0. The van der Waals surface area contributed by atoms with Gasteiger partial charge in [-0.25, -0.2) is 0 Å². The van der Waals surface area contributed by atoms with Gasteiger partial charge in [-0.05, 0) is 110 Å². The Morgan fingerprint density at radius 2 is 0.862 bits per heavy atom. The summed E-state index contributed by atoms with van der Waals surface area (Å²) in [6, 6.07) is 87.6. The Hall–Kier alpha value is -8.66. The van der Waals surface area contributed by atoms with E-state index in [1.807, 2.05) is 0 Å². The lowest BCUT2D eigenvalue weighted by Gasteiger charge is -2.29. The zero-order valence-electron chi connectivity index (χ0n) is 35.4. The molecule has 13 aromatic rings. The van der Waals surface area contributed by atoms with Crippen molar-refractivity contribution in [3.63, 3.8) is 0 Å². The van der Waals surface area contributed by atoms with E-state index in [1.54, 1.807) is 0 Å². The number of furan rings is 1. The van der Waals surface area contributed by atoms with Gasteiger partial charge in [-0.1, -0.05) is 182 Å². The number of para-hydroxylation sites is 5. The lowest BCUT2D eigenvalue weighted by atomic mass is 9.92. The molecule has 0 saturated heterocycles. The van der Waals surface area contributed by atoms with E-state index in [1.165, 1.54) is 49.0 Å². The molecule has 0 amide bonds. The van der Waals surface area contributed by atoms with E-state index in [2.05, 4.69) is 252 Å². The Balaban J connectivity index is 1.06. The molecule has 0 aliphatic heterocycles. The maximum atomic E-state index is 7.07. The molecule has 0 radical (unpaired) electrons. The first kappa shape index (κ1) is 36.9. The van der Waals surface area contributed by atoms with Crippen LogP contribution in [0.2, 0.25) is 0 Å². The van der Waals surface area contributed by atoms with Gasteiger partial charge in [0.1, 0.15) is 11.2 Å². The summed E-state index contributed by atoms with van der Waals surface area (Å²) < 4.78 is 9.49. The van der Waals surface area contributed by atoms with Gasteiger partial charge in [-0.3, -0.25) is 0 Å². The van der Waals surface area contributed by atoms with Crippen molar-refractivity contribution in [1.29, 1.82) is 0 Å². The molecule has 0 spiro atoms.